The van der Waals surface area contributed by atoms with E-state index in [1.807, 2.05) is 30.3 Å². The van der Waals surface area contributed by atoms with Crippen molar-refractivity contribution in [3.8, 4) is 0 Å². The predicted octanol–water partition coefficient (Wildman–Crippen LogP) is 4.27. The maximum atomic E-state index is 11.8. The first-order valence-corrected chi connectivity index (χ1v) is 8.38. The molecule has 2 rings (SSSR count). The minimum Gasteiger partial charge on any atom is -0.455 e. The minimum absolute atomic E-state index is 0.134. The quantitative estimate of drug-likeness (QED) is 0.610. The summed E-state index contributed by atoms with van der Waals surface area (Å²) in [7, 11) is 0. The molecule has 0 heterocycles. The van der Waals surface area contributed by atoms with Gasteiger partial charge < -0.3 is 10.1 Å². The average Bonchev–Trinajstić information content (AvgIpc) is 2.56. The van der Waals surface area contributed by atoms with Crippen molar-refractivity contribution in [1.29, 1.82) is 0 Å². The first-order valence-electron chi connectivity index (χ1n) is 6.63. The highest BCUT2D eigenvalue weighted by Crippen LogP contribution is 2.29. The number of ether oxygens (including phenoxy) is 1. The van der Waals surface area contributed by atoms with E-state index in [4.69, 9.17) is 27.9 Å². The molecule has 2 aromatic carbocycles. The topological polar surface area (TPSA) is 55.4 Å². The molecule has 0 aromatic heterocycles. The van der Waals surface area contributed by atoms with E-state index in [1.54, 1.807) is 18.2 Å². The molecule has 23 heavy (non-hydrogen) atoms. The number of benzene rings is 2. The number of anilines is 1. The molecule has 1 amide bonds. The second-order valence-corrected chi connectivity index (χ2v) is 6.25. The lowest BCUT2D eigenvalue weighted by Crippen LogP contribution is -2.21. The third-order valence-electron chi connectivity index (χ3n) is 2.69. The first-order chi connectivity index (χ1) is 11.1. The first kappa shape index (κ1) is 17.7. The monoisotopic (exact) mass is 369 g/mol. The molecule has 0 aliphatic carbocycles. The van der Waals surface area contributed by atoms with Crippen LogP contribution in [0.2, 0.25) is 10.0 Å². The molecule has 1 N–H and O–H groups in total. The van der Waals surface area contributed by atoms with Gasteiger partial charge in [-0.05, 0) is 24.3 Å². The van der Waals surface area contributed by atoms with Crippen LogP contribution in [0.3, 0.4) is 0 Å². The van der Waals surface area contributed by atoms with Crippen LogP contribution in [0.15, 0.2) is 53.4 Å². The van der Waals surface area contributed by atoms with Crippen LogP contribution in [-0.2, 0) is 14.3 Å². The third-order valence-corrected chi connectivity index (χ3v) is 4.49. The summed E-state index contributed by atoms with van der Waals surface area (Å²) in [4.78, 5) is 24.3. The van der Waals surface area contributed by atoms with Crippen LogP contribution >= 0.6 is 35.0 Å². The molecule has 0 atom stereocenters. The van der Waals surface area contributed by atoms with Crippen LogP contribution in [0, 0.1) is 0 Å². The van der Waals surface area contributed by atoms with Gasteiger partial charge in [0.05, 0.1) is 21.5 Å². The van der Waals surface area contributed by atoms with Gasteiger partial charge in [-0.1, -0.05) is 47.5 Å². The van der Waals surface area contributed by atoms with Crippen molar-refractivity contribution in [2.24, 2.45) is 0 Å². The van der Waals surface area contributed by atoms with Crippen LogP contribution in [0.1, 0.15) is 0 Å². The predicted molar refractivity (Wildman–Crippen MR) is 93.2 cm³/mol. The largest absolute Gasteiger partial charge is 0.455 e. The van der Waals surface area contributed by atoms with E-state index in [2.05, 4.69) is 5.32 Å². The van der Waals surface area contributed by atoms with Gasteiger partial charge in [-0.25, -0.2) is 0 Å². The molecule has 0 aliphatic rings. The Balaban J connectivity index is 1.75. The van der Waals surface area contributed by atoms with E-state index in [1.165, 1.54) is 11.8 Å². The van der Waals surface area contributed by atoms with Gasteiger partial charge in [0, 0.05) is 4.90 Å². The summed E-state index contributed by atoms with van der Waals surface area (Å²) in [5.41, 5.74) is 0.374. The summed E-state index contributed by atoms with van der Waals surface area (Å²) in [6.45, 7) is -0.378. The zero-order valence-electron chi connectivity index (χ0n) is 11.9. The highest BCUT2D eigenvalue weighted by molar-refractivity contribution is 8.00. The number of carbonyl (C=O) groups is 2. The summed E-state index contributed by atoms with van der Waals surface area (Å²) in [5.74, 6) is -0.812. The summed E-state index contributed by atoms with van der Waals surface area (Å²) in [6, 6.07) is 14.3. The number of nitrogens with one attached hydrogen (secondary N) is 1. The van der Waals surface area contributed by atoms with Crippen molar-refractivity contribution in [3.63, 3.8) is 0 Å². The average molecular weight is 370 g/mol. The van der Waals surface area contributed by atoms with Gasteiger partial charge in [-0.2, -0.15) is 0 Å². The van der Waals surface area contributed by atoms with E-state index in [-0.39, 0.29) is 17.4 Å². The van der Waals surface area contributed by atoms with Crippen molar-refractivity contribution in [1.82, 2.24) is 0 Å². The lowest BCUT2D eigenvalue weighted by atomic mass is 10.3. The number of halogens is 2. The molecule has 0 unspecified atom stereocenters. The van der Waals surface area contributed by atoms with Crippen molar-refractivity contribution < 1.29 is 14.3 Å². The number of rotatable bonds is 6. The van der Waals surface area contributed by atoms with Gasteiger partial charge in [0.1, 0.15) is 0 Å². The van der Waals surface area contributed by atoms with Crippen LogP contribution in [0.4, 0.5) is 5.69 Å². The molecule has 0 aliphatic heterocycles. The zero-order chi connectivity index (χ0) is 16.7. The summed E-state index contributed by atoms with van der Waals surface area (Å²) in [6.07, 6.45) is 0. The molecule has 0 saturated heterocycles. The fourth-order valence-corrected chi connectivity index (χ4v) is 2.70. The Morgan fingerprint density at radius 1 is 1.04 bits per heavy atom. The molecule has 0 saturated carbocycles. The van der Waals surface area contributed by atoms with E-state index in [0.29, 0.717) is 10.7 Å². The maximum absolute atomic E-state index is 11.8. The second-order valence-electron chi connectivity index (χ2n) is 4.41. The molecule has 2 aromatic rings. The van der Waals surface area contributed by atoms with Gasteiger partial charge in [-0.15, -0.1) is 11.8 Å². The van der Waals surface area contributed by atoms with Crippen molar-refractivity contribution in [2.45, 2.75) is 4.90 Å². The van der Waals surface area contributed by atoms with Crippen LogP contribution in [0.25, 0.3) is 0 Å². The van der Waals surface area contributed by atoms with Gasteiger partial charge >= 0.3 is 5.97 Å². The zero-order valence-corrected chi connectivity index (χ0v) is 14.3. The van der Waals surface area contributed by atoms with Crippen LogP contribution < -0.4 is 5.32 Å². The number of hydrogen-bond acceptors (Lipinski definition) is 4. The number of thioether (sulfide) groups is 1. The van der Waals surface area contributed by atoms with E-state index in [9.17, 15) is 9.59 Å². The third kappa shape index (κ3) is 5.78. The smallest absolute Gasteiger partial charge is 0.316 e. The molecule has 0 bridgehead atoms. The van der Waals surface area contributed by atoms with Gasteiger partial charge in [-0.3, -0.25) is 9.59 Å². The van der Waals surface area contributed by atoms with Crippen molar-refractivity contribution >= 4 is 52.5 Å². The van der Waals surface area contributed by atoms with Gasteiger partial charge in [0.25, 0.3) is 5.91 Å². The molecular weight excluding hydrogens is 357 g/mol. The summed E-state index contributed by atoms with van der Waals surface area (Å²) in [5, 5.41) is 3.12. The normalized spacial score (nSPS) is 10.2. The standard InChI is InChI=1S/C16H13Cl2NO3S/c17-12-7-4-8-13(16(12)18)19-14(20)9-22-15(21)10-23-11-5-2-1-3-6-11/h1-8H,9-10H2,(H,19,20). The number of amides is 1. The molecule has 7 heteroatoms. The van der Waals surface area contributed by atoms with Gasteiger partial charge in [0.2, 0.25) is 0 Å². The van der Waals surface area contributed by atoms with Crippen LogP contribution in [-0.4, -0.2) is 24.2 Å². The fourth-order valence-electron chi connectivity index (χ4n) is 1.63. The SMILES string of the molecule is O=C(COC(=O)CSc1ccccc1)Nc1cccc(Cl)c1Cl. The lowest BCUT2D eigenvalue weighted by molar-refractivity contribution is -0.144. The van der Waals surface area contributed by atoms with Crippen molar-refractivity contribution in [3.05, 3.63) is 58.6 Å². The molecule has 0 radical (unpaired) electrons. The van der Waals surface area contributed by atoms with E-state index in [0.717, 1.165) is 4.90 Å². The Labute approximate surface area is 148 Å². The Morgan fingerprint density at radius 2 is 1.78 bits per heavy atom. The summed E-state index contributed by atoms with van der Waals surface area (Å²) < 4.78 is 4.92. The molecule has 0 spiro atoms. The number of carbonyl (C=O) groups excluding carboxylic acids is 2. The van der Waals surface area contributed by atoms with E-state index >= 15 is 0 Å². The summed E-state index contributed by atoms with van der Waals surface area (Å²) >= 11 is 13.2. The fraction of sp³-hybridized carbons (Fsp3) is 0.125. The molecule has 4 nitrogen and oxygen atoms in total. The van der Waals surface area contributed by atoms with Crippen molar-refractivity contribution in [2.75, 3.05) is 17.7 Å². The number of esters is 1. The lowest BCUT2D eigenvalue weighted by Gasteiger charge is -2.08. The maximum Gasteiger partial charge on any atom is 0.316 e. The van der Waals surface area contributed by atoms with E-state index < -0.39 is 11.9 Å². The second kappa shape index (κ2) is 8.82. The molecular formula is C16H13Cl2NO3S. The Morgan fingerprint density at radius 3 is 2.52 bits per heavy atom. The highest BCUT2D eigenvalue weighted by Gasteiger charge is 2.11. The Hall–Kier alpha value is -1.69. The Bertz CT molecular complexity index is 695. The van der Waals surface area contributed by atoms with Crippen LogP contribution in [0.5, 0.6) is 0 Å². The number of hydrogen-bond donors (Lipinski definition) is 1. The highest BCUT2D eigenvalue weighted by atomic mass is 35.5. The molecule has 120 valence electrons. The molecule has 0 fully saturated rings. The minimum atomic E-state index is -0.479. The Kier molecular flexibility index (Phi) is 6.77. The van der Waals surface area contributed by atoms with Gasteiger partial charge in [0.15, 0.2) is 6.61 Å².